The molecule has 0 spiro atoms. The van der Waals surface area contributed by atoms with E-state index in [2.05, 4.69) is 14.7 Å². The second-order valence-electron chi connectivity index (χ2n) is 7.16. The summed E-state index contributed by atoms with van der Waals surface area (Å²) in [6, 6.07) is 7.96. The fraction of sp³-hybridized carbons (Fsp3) is 0.316. The van der Waals surface area contributed by atoms with Crippen molar-refractivity contribution in [1.29, 1.82) is 0 Å². The summed E-state index contributed by atoms with van der Waals surface area (Å²) in [4.78, 5) is 54.0. The number of sulfonamides is 1. The lowest BCUT2D eigenvalue weighted by Crippen LogP contribution is -2.46. The molecule has 0 aliphatic rings. The predicted octanol–water partition coefficient (Wildman–Crippen LogP) is -2.64. The molecule has 14 heteroatoms. The summed E-state index contributed by atoms with van der Waals surface area (Å²) in [5.74, 6) is -2.92. The van der Waals surface area contributed by atoms with Crippen molar-refractivity contribution < 1.29 is 18.0 Å². The number of ketones is 1. The summed E-state index contributed by atoms with van der Waals surface area (Å²) in [6.45, 7) is -0.688. The Kier molecular flexibility index (Phi) is 8.78. The molecule has 0 amide bonds. The number of rotatable bonds is 12. The minimum Gasteiger partial charge on any atom is -0.370 e. The Morgan fingerprint density at radius 2 is 1.85 bits per heavy atom. The van der Waals surface area contributed by atoms with E-state index < -0.39 is 69.9 Å². The zero-order valence-electron chi connectivity index (χ0n) is 17.5. The highest BCUT2D eigenvalue weighted by Crippen LogP contribution is 2.15. The van der Waals surface area contributed by atoms with Gasteiger partial charge in [-0.15, -0.1) is 0 Å². The molecule has 0 aliphatic carbocycles. The van der Waals surface area contributed by atoms with Gasteiger partial charge in [0.2, 0.25) is 10.0 Å². The second-order valence-corrected chi connectivity index (χ2v) is 8.92. The number of Topliss-reactive ketones (excluding diaryl/α,β-unsaturated/α-hetero) is 1. The van der Waals surface area contributed by atoms with Crippen molar-refractivity contribution in [3.05, 3.63) is 69.0 Å². The maximum absolute atomic E-state index is 12.9. The van der Waals surface area contributed by atoms with Crippen LogP contribution in [0.25, 0.3) is 0 Å². The van der Waals surface area contributed by atoms with Crippen LogP contribution in [0.1, 0.15) is 12.0 Å². The molecular formula is C19H25N7O6S. The number of nitrogens with one attached hydrogen (secondary N) is 2. The van der Waals surface area contributed by atoms with Crippen molar-refractivity contribution in [3.63, 3.8) is 0 Å². The van der Waals surface area contributed by atoms with Crippen molar-refractivity contribution in [2.24, 2.45) is 28.1 Å². The van der Waals surface area contributed by atoms with Gasteiger partial charge in [0.05, 0.1) is 18.3 Å². The maximum atomic E-state index is 12.9. The smallest absolute Gasteiger partial charge is 0.328 e. The quantitative estimate of drug-likeness (QED) is 0.122. The normalized spacial score (nSPS) is 14.1. The first-order chi connectivity index (χ1) is 15.5. The molecule has 1 aromatic carbocycles. The van der Waals surface area contributed by atoms with Crippen molar-refractivity contribution in [2.75, 3.05) is 0 Å². The first kappa shape index (κ1) is 25.6. The Labute approximate surface area is 188 Å². The van der Waals surface area contributed by atoms with Gasteiger partial charge in [0.15, 0.2) is 11.7 Å². The van der Waals surface area contributed by atoms with E-state index in [9.17, 15) is 27.6 Å². The molecule has 33 heavy (non-hydrogen) atoms. The Hall–Kier alpha value is -3.62. The Balaban J connectivity index is 2.28. The monoisotopic (exact) mass is 479 g/mol. The molecule has 178 valence electrons. The number of aromatic amines is 1. The van der Waals surface area contributed by atoms with Gasteiger partial charge in [-0.1, -0.05) is 30.3 Å². The van der Waals surface area contributed by atoms with Crippen LogP contribution in [0.15, 0.2) is 57.2 Å². The van der Waals surface area contributed by atoms with Crippen LogP contribution in [0.5, 0.6) is 0 Å². The van der Waals surface area contributed by atoms with E-state index in [1.54, 1.807) is 30.3 Å². The van der Waals surface area contributed by atoms with Crippen molar-refractivity contribution in [2.45, 2.75) is 30.9 Å². The third-order valence-corrected chi connectivity index (χ3v) is 5.93. The van der Waals surface area contributed by atoms with E-state index in [1.807, 2.05) is 0 Å². The summed E-state index contributed by atoms with van der Waals surface area (Å²) in [5, 5.41) is 0. The van der Waals surface area contributed by atoms with Crippen LogP contribution in [0.4, 0.5) is 0 Å². The topological polar surface area (TPSA) is 226 Å². The lowest BCUT2D eigenvalue weighted by molar-refractivity contribution is -0.126. The zero-order valence-corrected chi connectivity index (χ0v) is 18.3. The molecule has 3 atom stereocenters. The predicted molar refractivity (Wildman–Crippen MR) is 120 cm³/mol. The van der Waals surface area contributed by atoms with Crippen LogP contribution in [0.3, 0.4) is 0 Å². The molecule has 2 rings (SSSR count). The highest BCUT2D eigenvalue weighted by Gasteiger charge is 2.31. The molecule has 13 nitrogen and oxygen atoms in total. The minimum absolute atomic E-state index is 0.297. The average molecular weight is 480 g/mol. The lowest BCUT2D eigenvalue weighted by Gasteiger charge is -2.23. The van der Waals surface area contributed by atoms with Crippen LogP contribution in [0.2, 0.25) is 0 Å². The molecule has 1 aromatic heterocycles. The standard InChI is InChI=1S/C19H25N7O6S/c20-14(10-27)13(15(28)9-26-17(29)6-7-23-19(26)30)8-16(24-18(21)22)25-33(31,32)11-12-4-2-1-3-5-12/h1-7,10,13-14,16,25H,8-9,11,20H2,(H,23,30)(H4,21,22,24)/t13?,14-,16?/m1/s1. The number of aliphatic imine (C=N–C) groups is 1. The highest BCUT2D eigenvalue weighted by molar-refractivity contribution is 7.88. The number of benzene rings is 1. The first-order valence-electron chi connectivity index (χ1n) is 9.67. The summed E-state index contributed by atoms with van der Waals surface area (Å²) in [6.07, 6.45) is -0.318. The van der Waals surface area contributed by atoms with Gasteiger partial charge < -0.3 is 27.0 Å². The largest absolute Gasteiger partial charge is 0.370 e. The van der Waals surface area contributed by atoms with Gasteiger partial charge >= 0.3 is 5.69 Å². The molecule has 8 N–H and O–H groups in total. The SMILES string of the molecule is NC(N)=NC(CC(C(=O)Cn1c(=O)cc[nH]c1=O)[C@H](N)C=O)NS(=O)(=O)Cc1ccccc1. The second kappa shape index (κ2) is 11.3. The molecule has 1 heterocycles. The van der Waals surface area contributed by atoms with Gasteiger partial charge in [-0.2, -0.15) is 4.72 Å². The van der Waals surface area contributed by atoms with E-state index >= 15 is 0 Å². The molecule has 0 radical (unpaired) electrons. The van der Waals surface area contributed by atoms with E-state index in [0.29, 0.717) is 16.4 Å². The number of aldehydes is 1. The number of carbonyl (C=O) groups is 2. The number of hydrogen-bond donors (Lipinski definition) is 5. The Morgan fingerprint density at radius 1 is 1.18 bits per heavy atom. The van der Waals surface area contributed by atoms with Crippen LogP contribution < -0.4 is 33.2 Å². The fourth-order valence-electron chi connectivity index (χ4n) is 3.06. The van der Waals surface area contributed by atoms with Crippen LogP contribution in [0, 0.1) is 5.92 Å². The van der Waals surface area contributed by atoms with Gasteiger partial charge in [0, 0.05) is 18.2 Å². The van der Waals surface area contributed by atoms with Crippen LogP contribution in [-0.2, 0) is 31.9 Å². The summed E-state index contributed by atoms with van der Waals surface area (Å²) in [7, 11) is -3.97. The van der Waals surface area contributed by atoms with Crippen molar-refractivity contribution in [3.8, 4) is 0 Å². The van der Waals surface area contributed by atoms with Crippen molar-refractivity contribution in [1.82, 2.24) is 14.3 Å². The highest BCUT2D eigenvalue weighted by atomic mass is 32.2. The number of guanidine groups is 1. The molecule has 0 fully saturated rings. The van der Waals surface area contributed by atoms with Crippen LogP contribution in [-0.4, -0.2) is 48.2 Å². The number of aromatic nitrogens is 2. The van der Waals surface area contributed by atoms with Gasteiger partial charge in [-0.05, 0) is 12.0 Å². The first-order valence-corrected chi connectivity index (χ1v) is 11.3. The van der Waals surface area contributed by atoms with Gasteiger partial charge in [0.1, 0.15) is 12.5 Å². The summed E-state index contributed by atoms with van der Waals surface area (Å²) in [5.41, 5.74) is 15.5. The van der Waals surface area contributed by atoms with Gasteiger partial charge in [-0.25, -0.2) is 18.2 Å². The van der Waals surface area contributed by atoms with Crippen molar-refractivity contribution >= 4 is 28.1 Å². The van der Waals surface area contributed by atoms with E-state index in [-0.39, 0.29) is 0 Å². The molecule has 0 saturated heterocycles. The van der Waals surface area contributed by atoms with Gasteiger partial charge in [-0.3, -0.25) is 14.2 Å². The van der Waals surface area contributed by atoms with Crippen LogP contribution >= 0.6 is 0 Å². The maximum Gasteiger partial charge on any atom is 0.328 e. The fourth-order valence-corrected chi connectivity index (χ4v) is 4.34. The number of H-pyrrole nitrogens is 1. The minimum atomic E-state index is -3.97. The zero-order chi connectivity index (χ0) is 24.6. The number of nitrogens with two attached hydrogens (primary N) is 3. The third-order valence-electron chi connectivity index (χ3n) is 4.59. The number of carbonyl (C=O) groups excluding carboxylic acids is 2. The summed E-state index contributed by atoms with van der Waals surface area (Å²) >= 11 is 0. The van der Waals surface area contributed by atoms with E-state index in [1.165, 1.54) is 0 Å². The molecule has 0 aliphatic heterocycles. The Bertz CT molecular complexity index is 1190. The molecule has 2 aromatic rings. The van der Waals surface area contributed by atoms with Gasteiger partial charge in [0.25, 0.3) is 5.56 Å². The van der Waals surface area contributed by atoms with E-state index in [4.69, 9.17) is 17.2 Å². The van der Waals surface area contributed by atoms with E-state index in [0.717, 1.165) is 12.3 Å². The average Bonchev–Trinajstić information content (AvgIpc) is 2.73. The summed E-state index contributed by atoms with van der Waals surface area (Å²) < 4.78 is 28.2. The molecule has 2 unspecified atom stereocenters. The Morgan fingerprint density at radius 3 is 2.42 bits per heavy atom. The molecule has 0 bridgehead atoms. The molecular weight excluding hydrogens is 454 g/mol. The number of nitrogens with zero attached hydrogens (tertiary/aromatic N) is 2. The lowest BCUT2D eigenvalue weighted by atomic mass is 9.91. The number of hydrogen-bond acceptors (Lipinski definition) is 8. The molecule has 0 saturated carbocycles. The third kappa shape index (κ3) is 7.78.